The Balaban J connectivity index is 1.90. The van der Waals surface area contributed by atoms with Crippen molar-refractivity contribution in [3.8, 4) is 17.2 Å². The van der Waals surface area contributed by atoms with E-state index in [4.69, 9.17) is 9.26 Å². The van der Waals surface area contributed by atoms with Crippen LogP contribution in [0.1, 0.15) is 11.9 Å². The van der Waals surface area contributed by atoms with E-state index in [2.05, 4.69) is 27.4 Å². The molecule has 0 spiro atoms. The minimum Gasteiger partial charge on any atom is -0.496 e. The Bertz CT molecular complexity index is 584. The van der Waals surface area contributed by atoms with E-state index in [-0.39, 0.29) is 6.04 Å². The van der Waals surface area contributed by atoms with Crippen molar-refractivity contribution in [3.63, 3.8) is 0 Å². The molecule has 1 aliphatic rings. The molecule has 1 saturated heterocycles. The van der Waals surface area contributed by atoms with E-state index >= 15 is 0 Å². The van der Waals surface area contributed by atoms with Crippen LogP contribution >= 0.6 is 0 Å². The van der Waals surface area contributed by atoms with Crippen LogP contribution in [0.15, 0.2) is 28.8 Å². The molecule has 0 radical (unpaired) electrons. The van der Waals surface area contributed by atoms with Crippen molar-refractivity contribution in [2.45, 2.75) is 6.04 Å². The largest absolute Gasteiger partial charge is 0.496 e. The third-order valence-corrected chi connectivity index (χ3v) is 3.59. The molecule has 0 aliphatic carbocycles. The van der Waals surface area contributed by atoms with Crippen LogP contribution in [-0.4, -0.2) is 48.8 Å². The summed E-state index contributed by atoms with van der Waals surface area (Å²) >= 11 is 0. The lowest BCUT2D eigenvalue weighted by molar-refractivity contribution is 0.190. The lowest BCUT2D eigenvalue weighted by Gasteiger charge is -2.30. The quantitative estimate of drug-likeness (QED) is 0.911. The van der Waals surface area contributed by atoms with Gasteiger partial charge in [0, 0.05) is 19.6 Å². The number of aromatic nitrogens is 2. The maximum atomic E-state index is 5.40. The molecule has 2 aromatic rings. The summed E-state index contributed by atoms with van der Waals surface area (Å²) < 4.78 is 10.7. The Morgan fingerprint density at radius 2 is 2.25 bits per heavy atom. The minimum atomic E-state index is 0.149. The summed E-state index contributed by atoms with van der Waals surface area (Å²) in [6.07, 6.45) is 0. The summed E-state index contributed by atoms with van der Waals surface area (Å²) in [5, 5.41) is 7.47. The highest BCUT2D eigenvalue weighted by atomic mass is 16.5. The molecule has 3 rings (SSSR count). The lowest BCUT2D eigenvalue weighted by atomic mass is 10.2. The number of methoxy groups -OCH3 is 1. The van der Waals surface area contributed by atoms with Crippen molar-refractivity contribution in [2.75, 3.05) is 33.8 Å². The van der Waals surface area contributed by atoms with Gasteiger partial charge in [0.2, 0.25) is 0 Å². The van der Waals surface area contributed by atoms with Crippen molar-refractivity contribution in [3.05, 3.63) is 30.1 Å². The van der Waals surface area contributed by atoms with Gasteiger partial charge in [-0.2, -0.15) is 4.98 Å². The van der Waals surface area contributed by atoms with E-state index in [9.17, 15) is 0 Å². The third-order valence-electron chi connectivity index (χ3n) is 3.59. The summed E-state index contributed by atoms with van der Waals surface area (Å²) in [4.78, 5) is 6.75. The monoisotopic (exact) mass is 274 g/mol. The van der Waals surface area contributed by atoms with Crippen LogP contribution in [0.25, 0.3) is 11.5 Å². The molecule has 1 fully saturated rings. The van der Waals surface area contributed by atoms with Crippen LogP contribution in [0.3, 0.4) is 0 Å². The zero-order valence-electron chi connectivity index (χ0n) is 11.7. The van der Waals surface area contributed by atoms with Crippen LogP contribution < -0.4 is 10.1 Å². The maximum absolute atomic E-state index is 5.40. The number of piperazine rings is 1. The van der Waals surface area contributed by atoms with E-state index in [1.54, 1.807) is 7.11 Å². The molecule has 1 atom stereocenters. The van der Waals surface area contributed by atoms with Gasteiger partial charge in [-0.25, -0.2) is 0 Å². The van der Waals surface area contributed by atoms with Crippen molar-refractivity contribution >= 4 is 0 Å². The topological polar surface area (TPSA) is 63.4 Å². The van der Waals surface area contributed by atoms with Crippen LogP contribution in [-0.2, 0) is 0 Å². The van der Waals surface area contributed by atoms with Gasteiger partial charge in [0.05, 0.1) is 18.7 Å². The second-order valence-electron chi connectivity index (χ2n) is 4.86. The molecule has 1 aromatic heterocycles. The first-order valence-electron chi connectivity index (χ1n) is 6.67. The van der Waals surface area contributed by atoms with E-state index in [1.165, 1.54) is 0 Å². The fourth-order valence-electron chi connectivity index (χ4n) is 2.40. The average Bonchev–Trinajstić information content (AvgIpc) is 2.97. The molecular formula is C14H18N4O2. The first-order valence-corrected chi connectivity index (χ1v) is 6.67. The van der Waals surface area contributed by atoms with E-state index in [0.717, 1.165) is 30.9 Å². The predicted octanol–water partition coefficient (Wildman–Crippen LogP) is 1.32. The fourth-order valence-corrected chi connectivity index (χ4v) is 2.40. The number of rotatable bonds is 3. The van der Waals surface area contributed by atoms with Crippen molar-refractivity contribution in [1.29, 1.82) is 0 Å². The summed E-state index contributed by atoms with van der Waals surface area (Å²) in [7, 11) is 3.71. The molecular weight excluding hydrogens is 256 g/mol. The van der Waals surface area contributed by atoms with Crippen molar-refractivity contribution in [1.82, 2.24) is 20.4 Å². The molecule has 6 nitrogen and oxygen atoms in total. The van der Waals surface area contributed by atoms with Crippen molar-refractivity contribution < 1.29 is 9.26 Å². The highest BCUT2D eigenvalue weighted by molar-refractivity contribution is 5.62. The Labute approximate surface area is 117 Å². The Hall–Kier alpha value is -1.92. The van der Waals surface area contributed by atoms with E-state index in [1.807, 2.05) is 24.3 Å². The van der Waals surface area contributed by atoms with Gasteiger partial charge in [-0.3, -0.25) is 4.90 Å². The average molecular weight is 274 g/mol. The lowest BCUT2D eigenvalue weighted by Crippen LogP contribution is -2.44. The zero-order chi connectivity index (χ0) is 13.9. The molecule has 2 heterocycles. The fraction of sp³-hybridized carbons (Fsp3) is 0.429. The maximum Gasteiger partial charge on any atom is 0.261 e. The van der Waals surface area contributed by atoms with Gasteiger partial charge >= 0.3 is 0 Å². The Morgan fingerprint density at radius 1 is 1.40 bits per heavy atom. The number of likely N-dealkylation sites (N-methyl/N-ethyl adjacent to an activating group) is 1. The van der Waals surface area contributed by atoms with Crippen LogP contribution in [0.5, 0.6) is 5.75 Å². The van der Waals surface area contributed by atoms with Gasteiger partial charge in [-0.1, -0.05) is 17.3 Å². The standard InChI is InChI=1S/C14H18N4O2/c1-18-8-7-15-9-11(18)13-16-14(20-17-13)10-5-3-4-6-12(10)19-2/h3-6,11,15H,7-9H2,1-2H3. The third kappa shape index (κ3) is 2.39. The Kier molecular flexibility index (Phi) is 3.66. The van der Waals surface area contributed by atoms with Gasteiger partial charge in [0.15, 0.2) is 5.82 Å². The highest BCUT2D eigenvalue weighted by Crippen LogP contribution is 2.29. The van der Waals surface area contributed by atoms with Crippen LogP contribution in [0.2, 0.25) is 0 Å². The molecule has 1 N–H and O–H groups in total. The normalized spacial score (nSPS) is 20.0. The smallest absolute Gasteiger partial charge is 0.261 e. The first kappa shape index (κ1) is 13.1. The molecule has 106 valence electrons. The number of ether oxygens (including phenoxy) is 1. The van der Waals surface area contributed by atoms with Crippen LogP contribution in [0, 0.1) is 0 Å². The molecule has 1 aromatic carbocycles. The van der Waals surface area contributed by atoms with Gasteiger partial charge < -0.3 is 14.6 Å². The summed E-state index contributed by atoms with van der Waals surface area (Å²) in [5.74, 6) is 1.94. The molecule has 0 amide bonds. The summed E-state index contributed by atoms with van der Waals surface area (Å²) in [6, 6.07) is 7.79. The number of nitrogens with one attached hydrogen (secondary N) is 1. The first-order chi connectivity index (χ1) is 9.79. The predicted molar refractivity (Wildman–Crippen MR) is 74.5 cm³/mol. The van der Waals surface area contributed by atoms with Gasteiger partial charge in [0.1, 0.15) is 5.75 Å². The van der Waals surface area contributed by atoms with Gasteiger partial charge in [-0.15, -0.1) is 0 Å². The van der Waals surface area contributed by atoms with Gasteiger partial charge in [0.25, 0.3) is 5.89 Å². The molecule has 0 bridgehead atoms. The molecule has 1 unspecified atom stereocenters. The second-order valence-corrected chi connectivity index (χ2v) is 4.86. The molecule has 6 heteroatoms. The summed E-state index contributed by atoms with van der Waals surface area (Å²) in [6.45, 7) is 2.80. The van der Waals surface area contributed by atoms with Crippen molar-refractivity contribution in [2.24, 2.45) is 0 Å². The molecule has 20 heavy (non-hydrogen) atoms. The van der Waals surface area contributed by atoms with E-state index in [0.29, 0.717) is 11.7 Å². The number of para-hydroxylation sites is 1. The highest BCUT2D eigenvalue weighted by Gasteiger charge is 2.26. The van der Waals surface area contributed by atoms with E-state index < -0.39 is 0 Å². The number of benzene rings is 1. The molecule has 1 aliphatic heterocycles. The minimum absolute atomic E-state index is 0.149. The number of nitrogens with zero attached hydrogens (tertiary/aromatic N) is 3. The second kappa shape index (κ2) is 5.60. The Morgan fingerprint density at radius 3 is 3.05 bits per heavy atom. The zero-order valence-corrected chi connectivity index (χ0v) is 11.7. The molecule has 0 saturated carbocycles. The number of hydrogen-bond acceptors (Lipinski definition) is 6. The van der Waals surface area contributed by atoms with Crippen LogP contribution in [0.4, 0.5) is 0 Å². The number of hydrogen-bond donors (Lipinski definition) is 1. The SMILES string of the molecule is COc1ccccc1-c1nc(C2CNCCN2C)no1. The summed E-state index contributed by atoms with van der Waals surface area (Å²) in [5.41, 5.74) is 0.820. The van der Waals surface area contributed by atoms with Gasteiger partial charge in [-0.05, 0) is 19.2 Å².